The van der Waals surface area contributed by atoms with Gasteiger partial charge in [0.25, 0.3) is 0 Å². The molecule has 0 fully saturated rings. The maximum absolute atomic E-state index is 12.3. The second-order valence-corrected chi connectivity index (χ2v) is 6.75. The van der Waals surface area contributed by atoms with Crippen molar-refractivity contribution in [2.24, 2.45) is 0 Å². The van der Waals surface area contributed by atoms with Gasteiger partial charge < -0.3 is 9.30 Å². The van der Waals surface area contributed by atoms with Gasteiger partial charge in [0.1, 0.15) is 11.6 Å². The van der Waals surface area contributed by atoms with Crippen LogP contribution in [-0.2, 0) is 17.8 Å². The first-order valence-corrected chi connectivity index (χ1v) is 8.78. The standard InChI is InChI=1S/C18H18N4O3S/c1-12-8-14(23)15(25-2)10-22(12)11-16(24)19-18-21-20-17(26-18)9-13-6-4-3-5-7-13/h3-8,10H,9,11H2,1-2H3,(H,19,21,24). The fourth-order valence-electron chi connectivity index (χ4n) is 2.43. The number of nitrogens with zero attached hydrogens (tertiary/aromatic N) is 3. The molecule has 2 aromatic heterocycles. The molecule has 0 saturated carbocycles. The van der Waals surface area contributed by atoms with Crippen LogP contribution < -0.4 is 15.5 Å². The summed E-state index contributed by atoms with van der Waals surface area (Å²) in [5.74, 6) is -0.0503. The van der Waals surface area contributed by atoms with E-state index in [1.165, 1.54) is 30.7 Å². The molecular weight excluding hydrogens is 352 g/mol. The predicted octanol–water partition coefficient (Wildman–Crippen LogP) is 2.25. The number of rotatable bonds is 6. The van der Waals surface area contributed by atoms with Crippen LogP contribution in [0, 0.1) is 6.92 Å². The molecule has 2 heterocycles. The molecule has 1 N–H and O–H groups in total. The first-order chi connectivity index (χ1) is 12.5. The highest BCUT2D eigenvalue weighted by molar-refractivity contribution is 7.15. The summed E-state index contributed by atoms with van der Waals surface area (Å²) >= 11 is 1.34. The predicted molar refractivity (Wildman–Crippen MR) is 99.8 cm³/mol. The zero-order valence-corrected chi connectivity index (χ0v) is 15.2. The van der Waals surface area contributed by atoms with Crippen LogP contribution in [0.15, 0.2) is 47.4 Å². The number of amides is 1. The van der Waals surface area contributed by atoms with Gasteiger partial charge in [-0.05, 0) is 12.5 Å². The van der Waals surface area contributed by atoms with E-state index in [0.29, 0.717) is 17.2 Å². The van der Waals surface area contributed by atoms with Gasteiger partial charge in [-0.25, -0.2) is 0 Å². The zero-order chi connectivity index (χ0) is 18.5. The lowest BCUT2D eigenvalue weighted by Gasteiger charge is -2.11. The number of pyridine rings is 1. The van der Waals surface area contributed by atoms with Gasteiger partial charge in [-0.3, -0.25) is 14.9 Å². The molecule has 0 aliphatic heterocycles. The minimum atomic E-state index is -0.249. The van der Waals surface area contributed by atoms with E-state index in [4.69, 9.17) is 4.74 Å². The van der Waals surface area contributed by atoms with Crippen molar-refractivity contribution < 1.29 is 9.53 Å². The summed E-state index contributed by atoms with van der Waals surface area (Å²) in [4.78, 5) is 24.0. The molecule has 1 amide bonds. The Hall–Kier alpha value is -3.00. The first kappa shape index (κ1) is 17.8. The Balaban J connectivity index is 1.65. The molecule has 0 bridgehead atoms. The third-order valence-corrected chi connectivity index (χ3v) is 4.59. The summed E-state index contributed by atoms with van der Waals surface area (Å²) in [5.41, 5.74) is 1.60. The molecule has 3 rings (SSSR count). The molecule has 26 heavy (non-hydrogen) atoms. The van der Waals surface area contributed by atoms with Crippen molar-refractivity contribution in [2.75, 3.05) is 12.4 Å². The van der Waals surface area contributed by atoms with Gasteiger partial charge in [-0.1, -0.05) is 41.7 Å². The smallest absolute Gasteiger partial charge is 0.246 e. The second-order valence-electron chi connectivity index (χ2n) is 5.69. The lowest BCUT2D eigenvalue weighted by atomic mass is 10.2. The number of carbonyl (C=O) groups is 1. The number of nitrogens with one attached hydrogen (secondary N) is 1. The maximum Gasteiger partial charge on any atom is 0.246 e. The topological polar surface area (TPSA) is 86.1 Å². The number of aromatic nitrogens is 3. The number of carbonyl (C=O) groups excluding carboxylic acids is 1. The maximum atomic E-state index is 12.3. The first-order valence-electron chi connectivity index (χ1n) is 7.96. The van der Waals surface area contributed by atoms with Crippen LogP contribution in [0.2, 0.25) is 0 Å². The number of benzene rings is 1. The van der Waals surface area contributed by atoms with Gasteiger partial charge in [-0.15, -0.1) is 10.2 Å². The van der Waals surface area contributed by atoms with Gasteiger partial charge in [0.05, 0.1) is 13.3 Å². The Morgan fingerprint density at radius 1 is 1.27 bits per heavy atom. The minimum Gasteiger partial charge on any atom is -0.491 e. The Labute approximate surface area is 154 Å². The molecular formula is C18H18N4O3S. The largest absolute Gasteiger partial charge is 0.491 e. The van der Waals surface area contributed by atoms with Crippen LogP contribution in [0.25, 0.3) is 0 Å². The average molecular weight is 370 g/mol. The number of hydrogen-bond donors (Lipinski definition) is 1. The number of ether oxygens (including phenoxy) is 1. The van der Waals surface area contributed by atoms with E-state index in [-0.39, 0.29) is 23.6 Å². The lowest BCUT2D eigenvalue weighted by Crippen LogP contribution is -2.21. The Kier molecular flexibility index (Phi) is 5.43. The van der Waals surface area contributed by atoms with E-state index in [1.54, 1.807) is 11.5 Å². The van der Waals surface area contributed by atoms with E-state index in [0.717, 1.165) is 10.6 Å². The molecule has 0 spiro atoms. The fraction of sp³-hybridized carbons (Fsp3) is 0.222. The SMILES string of the molecule is COc1cn(CC(=O)Nc2nnc(Cc3ccccc3)s2)c(C)cc1=O. The summed E-state index contributed by atoms with van der Waals surface area (Å²) in [5, 5.41) is 12.1. The van der Waals surface area contributed by atoms with Crippen molar-refractivity contribution in [3.05, 3.63) is 69.1 Å². The van der Waals surface area contributed by atoms with Crippen molar-refractivity contribution in [3.63, 3.8) is 0 Å². The lowest BCUT2D eigenvalue weighted by molar-refractivity contribution is -0.116. The molecule has 3 aromatic rings. The van der Waals surface area contributed by atoms with E-state index in [2.05, 4.69) is 15.5 Å². The van der Waals surface area contributed by atoms with E-state index >= 15 is 0 Å². The third-order valence-electron chi connectivity index (χ3n) is 3.75. The van der Waals surface area contributed by atoms with Gasteiger partial charge in [0.15, 0.2) is 5.75 Å². The summed E-state index contributed by atoms with van der Waals surface area (Å²) in [6, 6.07) is 11.4. The highest BCUT2D eigenvalue weighted by Crippen LogP contribution is 2.18. The monoisotopic (exact) mass is 370 g/mol. The summed E-state index contributed by atoms with van der Waals surface area (Å²) in [6.45, 7) is 1.81. The van der Waals surface area contributed by atoms with Crippen molar-refractivity contribution in [3.8, 4) is 5.75 Å². The van der Waals surface area contributed by atoms with E-state index in [9.17, 15) is 9.59 Å². The fourth-order valence-corrected chi connectivity index (χ4v) is 3.22. The molecule has 7 nitrogen and oxygen atoms in total. The number of anilines is 1. The van der Waals surface area contributed by atoms with E-state index in [1.807, 2.05) is 30.3 Å². The normalized spacial score (nSPS) is 10.5. The molecule has 0 aliphatic rings. The highest BCUT2D eigenvalue weighted by Gasteiger charge is 2.11. The number of methoxy groups -OCH3 is 1. The number of aryl methyl sites for hydroxylation is 1. The van der Waals surface area contributed by atoms with Gasteiger partial charge in [0, 0.05) is 18.2 Å². The second kappa shape index (κ2) is 7.92. The molecule has 134 valence electrons. The highest BCUT2D eigenvalue weighted by atomic mass is 32.1. The van der Waals surface area contributed by atoms with Crippen LogP contribution in [-0.4, -0.2) is 27.8 Å². The van der Waals surface area contributed by atoms with Crippen molar-refractivity contribution in [2.45, 2.75) is 19.9 Å². The molecule has 0 unspecified atom stereocenters. The van der Waals surface area contributed by atoms with Crippen molar-refractivity contribution in [1.29, 1.82) is 0 Å². The minimum absolute atomic E-state index is 0.0517. The van der Waals surface area contributed by atoms with Gasteiger partial charge in [0.2, 0.25) is 16.5 Å². The average Bonchev–Trinajstić information content (AvgIpc) is 3.05. The quantitative estimate of drug-likeness (QED) is 0.719. The summed E-state index contributed by atoms with van der Waals surface area (Å²) in [7, 11) is 1.42. The molecule has 8 heteroatoms. The summed E-state index contributed by atoms with van der Waals surface area (Å²) in [6.07, 6.45) is 2.20. The van der Waals surface area contributed by atoms with Crippen molar-refractivity contribution in [1.82, 2.24) is 14.8 Å². The van der Waals surface area contributed by atoms with E-state index < -0.39 is 0 Å². The molecule has 0 radical (unpaired) electrons. The molecule has 1 aromatic carbocycles. The van der Waals surface area contributed by atoms with Gasteiger partial charge >= 0.3 is 0 Å². The van der Waals surface area contributed by atoms with Crippen LogP contribution in [0.5, 0.6) is 5.75 Å². The number of hydrogen-bond acceptors (Lipinski definition) is 6. The summed E-state index contributed by atoms with van der Waals surface area (Å²) < 4.78 is 6.67. The van der Waals surface area contributed by atoms with Crippen LogP contribution in [0.3, 0.4) is 0 Å². The van der Waals surface area contributed by atoms with Gasteiger partial charge in [-0.2, -0.15) is 0 Å². The molecule has 0 aliphatic carbocycles. The zero-order valence-electron chi connectivity index (χ0n) is 14.4. The Bertz CT molecular complexity index is 966. The Morgan fingerprint density at radius 2 is 2.04 bits per heavy atom. The third kappa shape index (κ3) is 4.34. The van der Waals surface area contributed by atoms with Crippen molar-refractivity contribution >= 4 is 22.4 Å². The van der Waals surface area contributed by atoms with Crippen LogP contribution in [0.1, 0.15) is 16.3 Å². The molecule has 0 saturated heterocycles. The Morgan fingerprint density at radius 3 is 2.77 bits per heavy atom. The molecule has 0 atom stereocenters. The van der Waals surface area contributed by atoms with Crippen LogP contribution in [0.4, 0.5) is 5.13 Å². The van der Waals surface area contributed by atoms with Crippen LogP contribution >= 0.6 is 11.3 Å².